The van der Waals surface area contributed by atoms with Gasteiger partial charge in [-0.1, -0.05) is 0 Å². The fourth-order valence-electron chi connectivity index (χ4n) is 1.92. The van der Waals surface area contributed by atoms with Gasteiger partial charge in [0.1, 0.15) is 11.6 Å². The number of aromatic nitrogens is 3. The van der Waals surface area contributed by atoms with Crippen LogP contribution in [0.15, 0.2) is 0 Å². The van der Waals surface area contributed by atoms with Crippen molar-refractivity contribution in [1.29, 1.82) is 0 Å². The van der Waals surface area contributed by atoms with E-state index in [1.807, 2.05) is 0 Å². The quantitative estimate of drug-likeness (QED) is 0.603. The van der Waals surface area contributed by atoms with Crippen LogP contribution in [0.4, 0.5) is 0 Å². The number of nitrogens with one attached hydrogen (secondary N) is 1. The van der Waals surface area contributed by atoms with Gasteiger partial charge in [-0.2, -0.15) is 0 Å². The molecular weight excluding hydrogens is 208 g/mol. The monoisotopic (exact) mass is 226 g/mol. The second kappa shape index (κ2) is 5.38. The summed E-state index contributed by atoms with van der Waals surface area (Å²) in [7, 11) is 0. The smallest absolute Gasteiger partial charge is 0.147 e. The van der Waals surface area contributed by atoms with Crippen molar-refractivity contribution < 1.29 is 10.2 Å². The molecule has 0 atom stereocenters. The largest absolute Gasteiger partial charge is 0.395 e. The molecule has 0 unspecified atom stereocenters. The molecule has 0 spiro atoms. The summed E-state index contributed by atoms with van der Waals surface area (Å²) in [5, 5.41) is 29.2. The average Bonchev–Trinajstić information content (AvgIpc) is 2.74. The fourth-order valence-corrected chi connectivity index (χ4v) is 1.92. The van der Waals surface area contributed by atoms with Crippen LogP contribution in [0.2, 0.25) is 0 Å². The lowest BCUT2D eigenvalue weighted by molar-refractivity contribution is 0.169. The van der Waals surface area contributed by atoms with Gasteiger partial charge in [0.15, 0.2) is 0 Å². The van der Waals surface area contributed by atoms with Crippen molar-refractivity contribution in [3.05, 3.63) is 11.6 Å². The number of hydrogen-bond donors (Lipinski definition) is 3. The second-order valence-corrected chi connectivity index (χ2v) is 4.08. The van der Waals surface area contributed by atoms with E-state index in [2.05, 4.69) is 20.1 Å². The normalized spacial score (nSPS) is 15.4. The molecule has 0 aromatic carbocycles. The van der Waals surface area contributed by atoms with E-state index >= 15 is 0 Å². The highest BCUT2D eigenvalue weighted by atomic mass is 16.3. The van der Waals surface area contributed by atoms with Crippen LogP contribution in [-0.4, -0.2) is 44.2 Å². The summed E-state index contributed by atoms with van der Waals surface area (Å²) >= 11 is 0. The van der Waals surface area contributed by atoms with Crippen molar-refractivity contribution in [3.8, 4) is 0 Å². The minimum Gasteiger partial charge on any atom is -0.395 e. The van der Waals surface area contributed by atoms with Gasteiger partial charge in [0.05, 0.1) is 25.8 Å². The maximum atomic E-state index is 8.93. The summed E-state index contributed by atoms with van der Waals surface area (Å²) in [6, 6.07) is -0.281. The van der Waals surface area contributed by atoms with E-state index in [0.717, 1.165) is 24.6 Å². The molecule has 1 aromatic rings. The van der Waals surface area contributed by atoms with Gasteiger partial charge in [-0.3, -0.25) is 0 Å². The van der Waals surface area contributed by atoms with Gasteiger partial charge in [0.2, 0.25) is 0 Å². The summed E-state index contributed by atoms with van der Waals surface area (Å²) in [6.45, 7) is 1.37. The van der Waals surface area contributed by atoms with E-state index in [4.69, 9.17) is 10.2 Å². The van der Waals surface area contributed by atoms with Crippen LogP contribution < -0.4 is 5.32 Å². The highest BCUT2D eigenvalue weighted by molar-refractivity contribution is 4.98. The molecule has 90 valence electrons. The van der Waals surface area contributed by atoms with Gasteiger partial charge >= 0.3 is 0 Å². The lowest BCUT2D eigenvalue weighted by atomic mass is 10.2. The molecule has 1 aliphatic heterocycles. The molecule has 2 rings (SSSR count). The zero-order valence-corrected chi connectivity index (χ0v) is 9.26. The van der Waals surface area contributed by atoms with Crippen molar-refractivity contribution in [2.45, 2.75) is 38.4 Å². The number of rotatable bonds is 5. The lowest BCUT2D eigenvalue weighted by Crippen LogP contribution is -2.36. The van der Waals surface area contributed by atoms with Crippen LogP contribution in [0.25, 0.3) is 0 Å². The van der Waals surface area contributed by atoms with Gasteiger partial charge < -0.3 is 20.1 Å². The first kappa shape index (κ1) is 11.5. The molecule has 0 saturated heterocycles. The molecule has 1 aromatic heterocycles. The van der Waals surface area contributed by atoms with Crippen LogP contribution in [0.5, 0.6) is 0 Å². The Hall–Kier alpha value is -0.980. The molecular formula is C10H18N4O2. The third-order valence-electron chi connectivity index (χ3n) is 2.93. The van der Waals surface area contributed by atoms with Gasteiger partial charge in [-0.25, -0.2) is 0 Å². The first-order valence-electron chi connectivity index (χ1n) is 5.71. The van der Waals surface area contributed by atoms with Crippen LogP contribution >= 0.6 is 0 Å². The molecule has 6 nitrogen and oxygen atoms in total. The van der Waals surface area contributed by atoms with E-state index in [0.29, 0.717) is 6.54 Å². The summed E-state index contributed by atoms with van der Waals surface area (Å²) in [5.74, 6) is 1.94. The number of fused-ring (bicyclic) bond motifs is 1. The van der Waals surface area contributed by atoms with Crippen molar-refractivity contribution in [1.82, 2.24) is 20.1 Å². The highest BCUT2D eigenvalue weighted by Gasteiger charge is 2.16. The Kier molecular flexibility index (Phi) is 3.87. The minimum absolute atomic E-state index is 0.0719. The molecule has 2 heterocycles. The topological polar surface area (TPSA) is 83.2 Å². The van der Waals surface area contributed by atoms with Gasteiger partial charge in [-0.05, 0) is 12.8 Å². The predicted molar refractivity (Wildman–Crippen MR) is 57.8 cm³/mol. The molecule has 0 aliphatic carbocycles. The van der Waals surface area contributed by atoms with E-state index in [-0.39, 0.29) is 19.3 Å². The van der Waals surface area contributed by atoms with Crippen molar-refractivity contribution in [2.24, 2.45) is 0 Å². The Morgan fingerprint density at radius 2 is 2.06 bits per heavy atom. The zero-order valence-electron chi connectivity index (χ0n) is 9.26. The number of nitrogens with zero attached hydrogens (tertiary/aromatic N) is 3. The molecule has 3 N–H and O–H groups in total. The average molecular weight is 226 g/mol. The number of hydrogen-bond acceptors (Lipinski definition) is 5. The second-order valence-electron chi connectivity index (χ2n) is 4.08. The Labute approximate surface area is 94.3 Å². The summed E-state index contributed by atoms with van der Waals surface area (Å²) in [4.78, 5) is 0. The number of aliphatic hydroxyl groups excluding tert-OH is 2. The summed E-state index contributed by atoms with van der Waals surface area (Å²) in [6.07, 6.45) is 3.35. The molecule has 0 fully saturated rings. The third kappa shape index (κ3) is 2.40. The van der Waals surface area contributed by atoms with Crippen LogP contribution in [0.1, 0.15) is 24.5 Å². The van der Waals surface area contributed by atoms with Crippen LogP contribution in [-0.2, 0) is 19.5 Å². The lowest BCUT2D eigenvalue weighted by Gasteiger charge is -2.16. The molecule has 16 heavy (non-hydrogen) atoms. The maximum Gasteiger partial charge on any atom is 0.147 e. The standard InChI is InChI=1S/C10H18N4O2/c15-6-8(7-16)11-5-10-13-12-9-3-1-2-4-14(9)10/h8,11,15-16H,1-7H2. The van der Waals surface area contributed by atoms with Gasteiger partial charge in [0, 0.05) is 13.0 Å². The minimum atomic E-state index is -0.281. The molecule has 6 heteroatoms. The Morgan fingerprint density at radius 3 is 2.81 bits per heavy atom. The van der Waals surface area contributed by atoms with Crippen molar-refractivity contribution in [3.63, 3.8) is 0 Å². The number of aliphatic hydroxyl groups is 2. The summed E-state index contributed by atoms with van der Waals surface area (Å²) < 4.78 is 2.13. The fraction of sp³-hybridized carbons (Fsp3) is 0.800. The first-order chi connectivity index (χ1) is 7.85. The Balaban J connectivity index is 1.96. The molecule has 0 saturated carbocycles. The Bertz CT molecular complexity index is 336. The number of aryl methyl sites for hydroxylation is 1. The van der Waals surface area contributed by atoms with Crippen LogP contribution in [0.3, 0.4) is 0 Å². The van der Waals surface area contributed by atoms with Gasteiger partial charge in [-0.15, -0.1) is 10.2 Å². The van der Waals surface area contributed by atoms with E-state index in [9.17, 15) is 0 Å². The Morgan fingerprint density at radius 1 is 1.25 bits per heavy atom. The molecule has 0 radical (unpaired) electrons. The van der Waals surface area contributed by atoms with Crippen molar-refractivity contribution >= 4 is 0 Å². The van der Waals surface area contributed by atoms with Gasteiger partial charge in [0.25, 0.3) is 0 Å². The van der Waals surface area contributed by atoms with E-state index in [1.54, 1.807) is 0 Å². The maximum absolute atomic E-state index is 8.93. The molecule has 1 aliphatic rings. The van der Waals surface area contributed by atoms with E-state index in [1.165, 1.54) is 12.8 Å². The zero-order chi connectivity index (χ0) is 11.4. The molecule has 0 bridgehead atoms. The van der Waals surface area contributed by atoms with E-state index < -0.39 is 0 Å². The highest BCUT2D eigenvalue weighted by Crippen LogP contribution is 2.13. The predicted octanol–water partition coefficient (Wildman–Crippen LogP) is -0.943. The summed E-state index contributed by atoms with van der Waals surface area (Å²) in [5.41, 5.74) is 0. The SMILES string of the molecule is OCC(CO)NCc1nnc2n1CCCC2. The van der Waals surface area contributed by atoms with Crippen LogP contribution in [0, 0.1) is 0 Å². The third-order valence-corrected chi connectivity index (χ3v) is 2.93. The molecule has 0 amide bonds. The first-order valence-corrected chi connectivity index (χ1v) is 5.71. The van der Waals surface area contributed by atoms with Crippen molar-refractivity contribution in [2.75, 3.05) is 13.2 Å².